The number of hydrogen-bond acceptors (Lipinski definition) is 15. The lowest BCUT2D eigenvalue weighted by molar-refractivity contribution is 0.668. The van der Waals surface area contributed by atoms with Crippen LogP contribution in [0.2, 0.25) is 0 Å². The van der Waals surface area contributed by atoms with Crippen LogP contribution in [0.15, 0.2) is 451 Å². The Morgan fingerprint density at radius 2 is 0.376 bits per heavy atom. The van der Waals surface area contributed by atoms with Crippen molar-refractivity contribution in [3.63, 3.8) is 0 Å². The topological polar surface area (TPSA) is 156 Å². The van der Waals surface area contributed by atoms with Gasteiger partial charge >= 0.3 is 0 Å². The normalized spacial score (nSPS) is 12.0. The van der Waals surface area contributed by atoms with E-state index in [0.717, 1.165) is 273 Å². The second-order valence-corrected chi connectivity index (χ2v) is 38.8. The molecule has 0 saturated carbocycles. The number of para-hydroxylation sites is 9. The molecule has 31 rings (SSSR count). The molecule has 12 nitrogen and oxygen atoms in total. The average molecular weight is 1860 g/mol. The van der Waals surface area contributed by atoms with Gasteiger partial charge in [0.25, 0.3) is 0 Å². The lowest BCUT2D eigenvalue weighted by Crippen LogP contribution is -1.94. The third-order valence-corrected chi connectivity index (χ3v) is 30.9. The summed E-state index contributed by atoms with van der Waals surface area (Å²) in [6, 6.07) is 147. The zero-order valence-corrected chi connectivity index (χ0v) is 77.2. The van der Waals surface area contributed by atoms with Crippen molar-refractivity contribution in [2.75, 3.05) is 0 Å². The molecule has 141 heavy (non-hydrogen) atoms. The summed E-state index contributed by atoms with van der Waals surface area (Å²) in [4.78, 5) is 31.2. The van der Waals surface area contributed by atoms with Crippen molar-refractivity contribution < 1.29 is 26.5 Å². The van der Waals surface area contributed by atoms with E-state index >= 15 is 0 Å². The van der Waals surface area contributed by atoms with Crippen molar-refractivity contribution >= 4 is 227 Å². The van der Waals surface area contributed by atoms with Crippen molar-refractivity contribution in [2.24, 2.45) is 0 Å². The Balaban J connectivity index is 0.000000102. The van der Waals surface area contributed by atoms with Crippen LogP contribution in [0.3, 0.4) is 0 Å². The van der Waals surface area contributed by atoms with Crippen LogP contribution in [0.1, 0.15) is 0 Å². The SMILES string of the molecule is c1ccc2c(c1)oc1c(-c3ccc(-c4nc(-c5ccc(-c6cccc7c6oc6ccccc67)cc5)c5sc6ccccc6c5n4)cc3)cccc12.c1ccc2c(c1)oc1cc(-c3ccc(-c4nc(-c5ccc6c(c5)oc5ccccc56)nc5c4sc4ccccc45)cc3)ccc12.c1ccc2c(c1)oc1cc(-c3nc(-c4ccc(-c5cccc6c5oc5ccccc56)cc4)c4sc5ccccc5c4n3)ccc12. The highest BCUT2D eigenvalue weighted by atomic mass is 32.1. The van der Waals surface area contributed by atoms with E-state index in [0.29, 0.717) is 17.5 Å². The number of fused-ring (bicyclic) bond motifs is 27. The van der Waals surface area contributed by atoms with Crippen molar-refractivity contribution in [1.82, 2.24) is 29.9 Å². The summed E-state index contributed by atoms with van der Waals surface area (Å²) in [5.74, 6) is 2.06. The number of thiophene rings is 3. The van der Waals surface area contributed by atoms with Crippen molar-refractivity contribution in [1.29, 1.82) is 0 Å². The standard InChI is InChI=1S/C46H26N2O2S.2C40H22N2O2S/c1-4-16-38-33(9-1)35-14-7-12-31(43(35)49-38)27-19-23-29(24-20-27)41-45-42(37-11-3-6-18-40(37)51-45)48-46(47-41)30-25-21-28(22-26-30)32-13-8-15-36-34-10-2-5-17-39(34)50-44(32)36;1-4-13-32-27(8-1)29-21-20-25(22-34(29)43-32)40-41-36(39-37(42-40)31-10-3-6-15-35(31)45-39)24-18-16-23(17-19-24)26-11-7-12-30-28-9-2-5-14-33(28)44-38(26)30;1-4-10-32-27(7-1)29-19-17-25(21-34(29)43-32)23-13-15-24(16-14-23)37-39-38(31-9-3-6-12-36(31)45-39)42-40(41-37)26-18-20-30-28-8-2-5-11-33(28)44-35(30)22-26/h1-26H;2*1-22H. The van der Waals surface area contributed by atoms with Gasteiger partial charge in [-0.2, -0.15) is 0 Å². The van der Waals surface area contributed by atoms with E-state index < -0.39 is 0 Å². The van der Waals surface area contributed by atoms with E-state index in [1.165, 1.54) is 14.1 Å². The van der Waals surface area contributed by atoms with Crippen molar-refractivity contribution in [2.45, 2.75) is 0 Å². The molecule has 19 aromatic carbocycles. The van der Waals surface area contributed by atoms with Gasteiger partial charge < -0.3 is 26.5 Å². The molecule has 15 heteroatoms. The maximum atomic E-state index is 6.36. The molecule has 0 unspecified atom stereocenters. The van der Waals surface area contributed by atoms with Crippen LogP contribution in [0.4, 0.5) is 0 Å². The molecule has 12 aromatic heterocycles. The molecule has 0 fully saturated rings. The Morgan fingerprint density at radius 3 is 0.702 bits per heavy atom. The van der Waals surface area contributed by atoms with Crippen molar-refractivity contribution in [3.05, 3.63) is 425 Å². The van der Waals surface area contributed by atoms with Crippen LogP contribution < -0.4 is 0 Å². The highest BCUT2D eigenvalue weighted by Gasteiger charge is 2.26. The number of benzene rings is 19. The van der Waals surface area contributed by atoms with Crippen LogP contribution >= 0.6 is 34.0 Å². The molecule has 658 valence electrons. The number of rotatable bonds is 10. The zero-order valence-electron chi connectivity index (χ0n) is 74.8. The predicted octanol–water partition coefficient (Wildman–Crippen LogP) is 36.6. The smallest absolute Gasteiger partial charge is 0.160 e. The van der Waals surface area contributed by atoms with E-state index in [1.807, 2.05) is 91.0 Å². The molecular formula is C126H70N6O6S3. The van der Waals surface area contributed by atoms with Crippen LogP contribution in [0, 0.1) is 0 Å². The minimum absolute atomic E-state index is 0.680. The highest BCUT2D eigenvalue weighted by Crippen LogP contribution is 2.49. The fourth-order valence-corrected chi connectivity index (χ4v) is 24.0. The Bertz CT molecular complexity index is 10600. The fraction of sp³-hybridized carbons (Fsp3) is 0. The molecule has 0 atom stereocenters. The first kappa shape index (κ1) is 80.2. The highest BCUT2D eigenvalue weighted by molar-refractivity contribution is 7.27. The summed E-state index contributed by atoms with van der Waals surface area (Å²) in [7, 11) is 0. The minimum Gasteiger partial charge on any atom is -0.456 e. The predicted molar refractivity (Wildman–Crippen MR) is 583 cm³/mol. The average Bonchev–Trinajstić information content (AvgIpc) is 1.61. The van der Waals surface area contributed by atoms with Gasteiger partial charge in [-0.25, -0.2) is 29.9 Å². The Morgan fingerprint density at radius 1 is 0.149 bits per heavy atom. The zero-order chi connectivity index (χ0) is 92.4. The van der Waals surface area contributed by atoms with Crippen LogP contribution in [-0.4, -0.2) is 29.9 Å². The molecule has 0 saturated heterocycles. The van der Waals surface area contributed by atoms with Crippen LogP contribution in [0.5, 0.6) is 0 Å². The minimum atomic E-state index is 0.680. The Kier molecular flexibility index (Phi) is 18.4. The van der Waals surface area contributed by atoms with Crippen molar-refractivity contribution in [3.8, 4) is 112 Å². The van der Waals surface area contributed by atoms with E-state index in [-0.39, 0.29) is 0 Å². The number of furan rings is 6. The molecule has 0 aliphatic heterocycles. The summed E-state index contributed by atoms with van der Waals surface area (Å²) in [5.41, 5.74) is 31.0. The molecule has 31 aromatic rings. The lowest BCUT2D eigenvalue weighted by Gasteiger charge is -2.09. The first-order chi connectivity index (χ1) is 69.8. The van der Waals surface area contributed by atoms with Gasteiger partial charge in [0.15, 0.2) is 17.5 Å². The van der Waals surface area contributed by atoms with Gasteiger partial charge in [-0.3, -0.25) is 0 Å². The molecule has 0 radical (unpaired) electrons. The Labute approximate surface area is 813 Å². The quantitative estimate of drug-likeness (QED) is 0.128. The van der Waals surface area contributed by atoms with Gasteiger partial charge in [0.05, 0.1) is 47.7 Å². The van der Waals surface area contributed by atoms with Gasteiger partial charge in [0.1, 0.15) is 67.0 Å². The van der Waals surface area contributed by atoms with Gasteiger partial charge in [-0.1, -0.05) is 334 Å². The Hall–Kier alpha value is -18.1. The molecule has 0 N–H and O–H groups in total. The summed E-state index contributed by atoms with van der Waals surface area (Å²) in [6.45, 7) is 0. The number of aromatic nitrogens is 6. The lowest BCUT2D eigenvalue weighted by atomic mass is 10.00. The molecule has 0 spiro atoms. The molecular weight excluding hydrogens is 1790 g/mol. The van der Waals surface area contributed by atoms with Gasteiger partial charge in [-0.05, 0) is 119 Å². The number of hydrogen-bond donors (Lipinski definition) is 0. The monoisotopic (exact) mass is 1860 g/mol. The molecule has 0 amide bonds. The summed E-state index contributed by atoms with van der Waals surface area (Å²) in [5, 5.41) is 16.9. The first-order valence-electron chi connectivity index (χ1n) is 46.8. The molecule has 0 aliphatic carbocycles. The molecule has 0 aliphatic rings. The van der Waals surface area contributed by atoms with Crippen LogP contribution in [0.25, 0.3) is 305 Å². The third-order valence-electron chi connectivity index (χ3n) is 27.4. The van der Waals surface area contributed by atoms with E-state index in [9.17, 15) is 0 Å². The summed E-state index contributed by atoms with van der Waals surface area (Å²) >= 11 is 5.22. The first-order valence-corrected chi connectivity index (χ1v) is 49.2. The van der Waals surface area contributed by atoms with E-state index in [1.54, 1.807) is 34.0 Å². The summed E-state index contributed by atoms with van der Waals surface area (Å²) in [6.07, 6.45) is 0. The number of nitrogens with zero attached hydrogens (tertiary/aromatic N) is 6. The second-order valence-electron chi connectivity index (χ2n) is 35.6. The maximum Gasteiger partial charge on any atom is 0.160 e. The van der Waals surface area contributed by atoms with E-state index in [2.05, 4.69) is 334 Å². The second kappa shape index (κ2) is 32.3. The van der Waals surface area contributed by atoms with Gasteiger partial charge in [0.2, 0.25) is 0 Å². The molecule has 12 heterocycles. The molecule has 0 bridgehead atoms. The van der Waals surface area contributed by atoms with Gasteiger partial charge in [0, 0.05) is 145 Å². The summed E-state index contributed by atoms with van der Waals surface area (Å²) < 4.78 is 44.5. The third kappa shape index (κ3) is 13.4. The largest absolute Gasteiger partial charge is 0.456 e. The fourth-order valence-electron chi connectivity index (χ4n) is 20.5. The van der Waals surface area contributed by atoms with Gasteiger partial charge in [-0.15, -0.1) is 34.0 Å². The van der Waals surface area contributed by atoms with Crippen LogP contribution in [-0.2, 0) is 0 Å². The van der Waals surface area contributed by atoms with E-state index in [4.69, 9.17) is 56.4 Å². The maximum absolute atomic E-state index is 6.36.